The average molecular weight is 503 g/mol. The summed E-state index contributed by atoms with van der Waals surface area (Å²) in [6.45, 7) is 13.9. The van der Waals surface area contributed by atoms with E-state index in [1.807, 2.05) is 18.7 Å². The first-order valence-corrected chi connectivity index (χ1v) is 11.6. The lowest BCUT2D eigenvalue weighted by molar-refractivity contribution is -0.137. The van der Waals surface area contributed by atoms with Crippen LogP contribution in [0.3, 0.4) is 0 Å². The standard InChI is InChI=1S/C25H26F4N6O/c1-6-17-13-34(23-22-20(33(5)24(36)32-23)9-10-21(30-4)31-22)14(2)12-35(17)15(3)18-8-7-16(11-19(18)26)25(27,28)29/h7-11,14-15,17H,6,12-13H2,1-3,5H3/t14-,15?,17+/m0/s1. The predicted octanol–water partition coefficient (Wildman–Crippen LogP) is 5.09. The summed E-state index contributed by atoms with van der Waals surface area (Å²) >= 11 is 0. The molecule has 1 aliphatic rings. The van der Waals surface area contributed by atoms with Crippen molar-refractivity contribution in [2.45, 2.75) is 51.5 Å². The van der Waals surface area contributed by atoms with Crippen LogP contribution in [0, 0.1) is 12.4 Å². The van der Waals surface area contributed by atoms with Gasteiger partial charge in [-0.15, -0.1) is 4.98 Å². The third-order valence-corrected chi connectivity index (χ3v) is 6.94. The molecule has 11 heteroatoms. The number of fused-ring (bicyclic) bond motifs is 1. The van der Waals surface area contributed by atoms with Crippen molar-refractivity contribution in [3.8, 4) is 0 Å². The van der Waals surface area contributed by atoms with Gasteiger partial charge in [-0.25, -0.2) is 9.18 Å². The smallest absolute Gasteiger partial charge is 0.361 e. The molecule has 4 rings (SSSR count). The number of anilines is 1. The fourth-order valence-electron chi connectivity index (χ4n) is 4.88. The Hall–Kier alpha value is -3.52. The third kappa shape index (κ3) is 4.53. The first-order valence-electron chi connectivity index (χ1n) is 11.6. The van der Waals surface area contributed by atoms with Crippen molar-refractivity contribution in [3.63, 3.8) is 0 Å². The van der Waals surface area contributed by atoms with E-state index < -0.39 is 29.3 Å². The SMILES string of the molecule is [C-]#[N+]c1ccc2c(n1)c(N1C[C@@H](CC)N(C(C)c3ccc(C(F)(F)F)cc3F)C[C@@H]1C)nc(=O)n2C. The maximum absolute atomic E-state index is 14.8. The number of hydrogen-bond acceptors (Lipinski definition) is 5. The highest BCUT2D eigenvalue weighted by molar-refractivity contribution is 5.87. The fraction of sp³-hybridized carbons (Fsp3) is 0.440. The van der Waals surface area contributed by atoms with Crippen molar-refractivity contribution in [3.05, 3.63) is 69.2 Å². The minimum absolute atomic E-state index is 0.0946. The van der Waals surface area contributed by atoms with Crippen molar-refractivity contribution < 1.29 is 17.6 Å². The number of hydrogen-bond donors (Lipinski definition) is 0. The van der Waals surface area contributed by atoms with E-state index in [1.165, 1.54) is 10.6 Å². The molecule has 3 heterocycles. The van der Waals surface area contributed by atoms with Crippen molar-refractivity contribution in [2.24, 2.45) is 7.05 Å². The molecule has 0 radical (unpaired) electrons. The van der Waals surface area contributed by atoms with Crippen LogP contribution < -0.4 is 10.6 Å². The molecule has 7 nitrogen and oxygen atoms in total. The fourth-order valence-corrected chi connectivity index (χ4v) is 4.88. The largest absolute Gasteiger partial charge is 0.416 e. The zero-order valence-corrected chi connectivity index (χ0v) is 20.3. The number of aryl methyl sites for hydroxylation is 1. The zero-order valence-electron chi connectivity index (χ0n) is 20.3. The van der Waals surface area contributed by atoms with E-state index >= 15 is 0 Å². The van der Waals surface area contributed by atoms with E-state index in [2.05, 4.69) is 19.7 Å². The number of nitrogens with zero attached hydrogens (tertiary/aromatic N) is 6. The van der Waals surface area contributed by atoms with Crippen LogP contribution in [0.25, 0.3) is 15.9 Å². The zero-order chi connectivity index (χ0) is 26.4. The van der Waals surface area contributed by atoms with Gasteiger partial charge in [-0.3, -0.25) is 9.47 Å². The van der Waals surface area contributed by atoms with Gasteiger partial charge in [0.1, 0.15) is 5.82 Å². The van der Waals surface area contributed by atoms with E-state index in [0.29, 0.717) is 42.4 Å². The second-order valence-electron chi connectivity index (χ2n) is 9.10. The summed E-state index contributed by atoms with van der Waals surface area (Å²) in [6.07, 6.45) is -3.93. The highest BCUT2D eigenvalue weighted by Gasteiger charge is 2.37. The number of pyridine rings is 1. The summed E-state index contributed by atoms with van der Waals surface area (Å²) in [5.74, 6) is -0.316. The quantitative estimate of drug-likeness (QED) is 0.368. The van der Waals surface area contributed by atoms with Gasteiger partial charge in [0.15, 0.2) is 5.82 Å². The summed E-state index contributed by atoms with van der Waals surface area (Å²) < 4.78 is 55.2. The molecule has 3 atom stereocenters. The second kappa shape index (κ2) is 9.50. The number of piperazine rings is 1. The van der Waals surface area contributed by atoms with Crippen LogP contribution in [0.5, 0.6) is 0 Å². The molecule has 36 heavy (non-hydrogen) atoms. The number of benzene rings is 1. The van der Waals surface area contributed by atoms with E-state index in [4.69, 9.17) is 6.57 Å². The molecule has 0 amide bonds. The van der Waals surface area contributed by atoms with Gasteiger partial charge in [0, 0.05) is 43.8 Å². The number of halogens is 4. The lowest BCUT2D eigenvalue weighted by Crippen LogP contribution is -2.58. The van der Waals surface area contributed by atoms with Gasteiger partial charge in [0.25, 0.3) is 5.82 Å². The van der Waals surface area contributed by atoms with Crippen LogP contribution in [0.1, 0.15) is 44.4 Å². The van der Waals surface area contributed by atoms with Crippen LogP contribution in [-0.2, 0) is 13.2 Å². The lowest BCUT2D eigenvalue weighted by Gasteiger charge is -2.48. The second-order valence-corrected chi connectivity index (χ2v) is 9.10. The Balaban J connectivity index is 1.69. The van der Waals surface area contributed by atoms with E-state index in [9.17, 15) is 22.4 Å². The Morgan fingerprint density at radius 3 is 2.53 bits per heavy atom. The van der Waals surface area contributed by atoms with Gasteiger partial charge in [0.2, 0.25) is 5.52 Å². The predicted molar refractivity (Wildman–Crippen MR) is 128 cm³/mol. The first-order chi connectivity index (χ1) is 17.0. The maximum Gasteiger partial charge on any atom is 0.416 e. The molecule has 0 aliphatic carbocycles. The molecule has 1 unspecified atom stereocenters. The molecule has 3 aromatic rings. The minimum Gasteiger partial charge on any atom is -0.361 e. The van der Waals surface area contributed by atoms with Crippen LogP contribution in [-0.4, -0.2) is 44.6 Å². The molecule has 1 saturated heterocycles. The van der Waals surface area contributed by atoms with Gasteiger partial charge >= 0.3 is 11.9 Å². The van der Waals surface area contributed by atoms with Gasteiger partial charge < -0.3 is 9.74 Å². The van der Waals surface area contributed by atoms with Crippen LogP contribution in [0.4, 0.5) is 29.2 Å². The van der Waals surface area contributed by atoms with Gasteiger partial charge in [0.05, 0.1) is 11.1 Å². The monoisotopic (exact) mass is 502 g/mol. The Labute approximate surface area is 205 Å². The summed E-state index contributed by atoms with van der Waals surface area (Å²) in [4.78, 5) is 28.8. The normalized spacial score (nSPS) is 19.9. The molecule has 0 saturated carbocycles. The first kappa shape index (κ1) is 25.6. The van der Waals surface area contributed by atoms with Gasteiger partial charge in [-0.05, 0) is 44.5 Å². The molecule has 0 N–H and O–H groups in total. The maximum atomic E-state index is 14.8. The minimum atomic E-state index is -4.61. The van der Waals surface area contributed by atoms with Crippen LogP contribution >= 0.6 is 0 Å². The molecule has 0 spiro atoms. The summed E-state index contributed by atoms with van der Waals surface area (Å²) in [5.41, 5.74) is -0.265. The number of alkyl halides is 3. The molecular formula is C25H26F4N6O. The van der Waals surface area contributed by atoms with Crippen molar-refractivity contribution in [1.29, 1.82) is 0 Å². The van der Waals surface area contributed by atoms with E-state index in [0.717, 1.165) is 6.07 Å². The molecule has 1 fully saturated rings. The lowest BCUT2D eigenvalue weighted by atomic mass is 9.97. The summed E-state index contributed by atoms with van der Waals surface area (Å²) in [7, 11) is 1.59. The van der Waals surface area contributed by atoms with Crippen LogP contribution in [0.2, 0.25) is 0 Å². The van der Waals surface area contributed by atoms with Crippen molar-refractivity contribution >= 4 is 22.7 Å². The third-order valence-electron chi connectivity index (χ3n) is 6.94. The highest BCUT2D eigenvalue weighted by Crippen LogP contribution is 2.36. The molecule has 1 aromatic carbocycles. The Kier molecular flexibility index (Phi) is 6.75. The molecule has 190 valence electrons. The van der Waals surface area contributed by atoms with Crippen LogP contribution in [0.15, 0.2) is 35.1 Å². The molecule has 2 aromatic heterocycles. The van der Waals surface area contributed by atoms with E-state index in [1.54, 1.807) is 26.1 Å². The summed E-state index contributed by atoms with van der Waals surface area (Å²) in [5, 5.41) is 0. The topological polar surface area (TPSA) is 58.6 Å². The van der Waals surface area contributed by atoms with E-state index in [-0.39, 0.29) is 23.5 Å². The number of rotatable bonds is 4. The molecule has 1 aliphatic heterocycles. The van der Waals surface area contributed by atoms with Gasteiger partial charge in [-0.2, -0.15) is 18.2 Å². The highest BCUT2D eigenvalue weighted by atomic mass is 19.4. The number of aromatic nitrogens is 3. The molecular weight excluding hydrogens is 476 g/mol. The Morgan fingerprint density at radius 1 is 1.19 bits per heavy atom. The van der Waals surface area contributed by atoms with Crippen molar-refractivity contribution in [2.75, 3.05) is 18.0 Å². The Morgan fingerprint density at radius 2 is 1.92 bits per heavy atom. The molecule has 0 bridgehead atoms. The van der Waals surface area contributed by atoms with Crippen molar-refractivity contribution in [1.82, 2.24) is 19.4 Å². The average Bonchev–Trinajstić information content (AvgIpc) is 2.84. The summed E-state index contributed by atoms with van der Waals surface area (Å²) in [6, 6.07) is 5.15. The Bertz CT molecular complexity index is 1400. The van der Waals surface area contributed by atoms with Gasteiger partial charge in [-0.1, -0.05) is 19.6 Å².